The van der Waals surface area contributed by atoms with E-state index in [2.05, 4.69) is 34.0 Å². The second-order valence-electron chi connectivity index (χ2n) is 7.14. The van der Waals surface area contributed by atoms with Crippen molar-refractivity contribution in [2.75, 3.05) is 50.9 Å². The van der Waals surface area contributed by atoms with E-state index in [1.807, 2.05) is 11.3 Å². The summed E-state index contributed by atoms with van der Waals surface area (Å²) in [4.78, 5) is 10.9. The fourth-order valence-corrected chi connectivity index (χ4v) is 4.85. The molecule has 3 aliphatic rings. The molecule has 5 nitrogen and oxygen atoms in total. The van der Waals surface area contributed by atoms with Crippen molar-refractivity contribution in [1.82, 2.24) is 9.88 Å². The largest absolute Gasteiger partial charge is 0.378 e. The van der Waals surface area contributed by atoms with E-state index in [9.17, 15) is 0 Å². The fourth-order valence-electron chi connectivity index (χ4n) is 3.85. The summed E-state index contributed by atoms with van der Waals surface area (Å²) in [5, 5.41) is 1.15. The van der Waals surface area contributed by atoms with Crippen molar-refractivity contribution < 1.29 is 9.47 Å². The van der Waals surface area contributed by atoms with E-state index in [0.29, 0.717) is 0 Å². The van der Waals surface area contributed by atoms with Crippen LogP contribution in [0.2, 0.25) is 0 Å². The number of morpholine rings is 1. The van der Waals surface area contributed by atoms with Crippen LogP contribution in [0.3, 0.4) is 0 Å². The molecule has 0 amide bonds. The predicted octanol–water partition coefficient (Wildman–Crippen LogP) is 2.68. The summed E-state index contributed by atoms with van der Waals surface area (Å²) in [7, 11) is 0. The van der Waals surface area contributed by atoms with Gasteiger partial charge in [0.1, 0.15) is 0 Å². The molecule has 0 atom stereocenters. The van der Waals surface area contributed by atoms with Gasteiger partial charge < -0.3 is 14.4 Å². The smallest absolute Gasteiger partial charge is 0.185 e. The number of rotatable bonds is 3. The molecule has 132 valence electrons. The predicted molar refractivity (Wildman–Crippen MR) is 96.7 cm³/mol. The first kappa shape index (κ1) is 16.5. The number of hydrogen-bond donors (Lipinski definition) is 0. The van der Waals surface area contributed by atoms with Gasteiger partial charge in [0.2, 0.25) is 0 Å². The lowest BCUT2D eigenvalue weighted by Crippen LogP contribution is -2.46. The van der Waals surface area contributed by atoms with Crippen LogP contribution in [-0.2, 0) is 16.0 Å². The summed E-state index contributed by atoms with van der Waals surface area (Å²) in [6.07, 6.45) is 7.76. The van der Waals surface area contributed by atoms with Crippen LogP contribution >= 0.6 is 11.3 Å². The van der Waals surface area contributed by atoms with Crippen molar-refractivity contribution in [3.8, 4) is 0 Å². The van der Waals surface area contributed by atoms with E-state index >= 15 is 0 Å². The fraction of sp³-hybridized carbons (Fsp3) is 0.722. The van der Waals surface area contributed by atoms with Gasteiger partial charge in [-0.1, -0.05) is 11.6 Å². The van der Waals surface area contributed by atoms with E-state index in [1.165, 1.54) is 10.5 Å². The van der Waals surface area contributed by atoms with Gasteiger partial charge in [-0.25, -0.2) is 4.98 Å². The molecular weight excluding hydrogens is 322 g/mol. The molecular formula is C18H27N3O2S. The summed E-state index contributed by atoms with van der Waals surface area (Å²) >= 11 is 1.83. The summed E-state index contributed by atoms with van der Waals surface area (Å²) in [5.74, 6) is 0. The lowest BCUT2D eigenvalue weighted by atomic mass is 9.87. The maximum Gasteiger partial charge on any atom is 0.185 e. The van der Waals surface area contributed by atoms with Gasteiger partial charge in [-0.05, 0) is 26.2 Å². The normalized spacial score (nSPS) is 25.0. The van der Waals surface area contributed by atoms with E-state index in [-0.39, 0.29) is 5.60 Å². The highest BCUT2D eigenvalue weighted by atomic mass is 32.1. The molecule has 2 saturated heterocycles. The number of aromatic nitrogens is 1. The Morgan fingerprint density at radius 3 is 2.71 bits per heavy atom. The van der Waals surface area contributed by atoms with Gasteiger partial charge in [0.25, 0.3) is 0 Å². The van der Waals surface area contributed by atoms with Crippen molar-refractivity contribution in [1.29, 1.82) is 0 Å². The molecule has 4 rings (SSSR count). The van der Waals surface area contributed by atoms with Crippen LogP contribution < -0.4 is 4.90 Å². The zero-order valence-corrected chi connectivity index (χ0v) is 15.3. The molecule has 6 heteroatoms. The van der Waals surface area contributed by atoms with Gasteiger partial charge in [-0.15, -0.1) is 11.3 Å². The quantitative estimate of drug-likeness (QED) is 0.785. The summed E-state index contributed by atoms with van der Waals surface area (Å²) in [6.45, 7) is 9.90. The Hall–Kier alpha value is -0.950. The highest BCUT2D eigenvalue weighted by Crippen LogP contribution is 2.34. The van der Waals surface area contributed by atoms with Crippen molar-refractivity contribution in [3.05, 3.63) is 22.7 Å². The lowest BCUT2D eigenvalue weighted by molar-refractivity contribution is -0.0575. The number of ether oxygens (including phenoxy) is 2. The Kier molecular flexibility index (Phi) is 4.90. The first-order valence-corrected chi connectivity index (χ1v) is 9.86. The second-order valence-corrected chi connectivity index (χ2v) is 8.23. The molecule has 24 heavy (non-hydrogen) atoms. The average molecular weight is 350 g/mol. The number of nitrogens with zero attached hydrogens (tertiary/aromatic N) is 3. The Bertz CT molecular complexity index is 587. The Balaban J connectivity index is 1.32. The molecule has 3 aliphatic heterocycles. The summed E-state index contributed by atoms with van der Waals surface area (Å²) in [5.41, 5.74) is 1.51. The van der Waals surface area contributed by atoms with Crippen LogP contribution in [0.15, 0.2) is 17.8 Å². The van der Waals surface area contributed by atoms with Gasteiger partial charge >= 0.3 is 0 Å². The third-order valence-corrected chi connectivity index (χ3v) is 6.34. The zero-order chi connectivity index (χ0) is 16.4. The topological polar surface area (TPSA) is 37.8 Å². The first-order chi connectivity index (χ1) is 11.7. The minimum absolute atomic E-state index is 0.0193. The monoisotopic (exact) mass is 349 g/mol. The van der Waals surface area contributed by atoms with E-state index in [0.717, 1.165) is 76.9 Å². The molecule has 4 heterocycles. The Morgan fingerprint density at radius 1 is 1.17 bits per heavy atom. The third-order valence-electron chi connectivity index (χ3n) is 5.30. The molecule has 1 spiro atoms. The SMILES string of the molecule is CC1=CC2(CCN(Cc3cnc(N4CCOCC4)s3)CC2)OCC1. The maximum atomic E-state index is 6.13. The van der Waals surface area contributed by atoms with Gasteiger partial charge in [-0.3, -0.25) is 4.90 Å². The molecule has 0 radical (unpaired) electrons. The molecule has 0 bridgehead atoms. The first-order valence-electron chi connectivity index (χ1n) is 9.05. The van der Waals surface area contributed by atoms with Crippen LogP contribution in [-0.4, -0.2) is 61.5 Å². The van der Waals surface area contributed by atoms with Crippen molar-refractivity contribution >= 4 is 16.5 Å². The van der Waals surface area contributed by atoms with Crippen molar-refractivity contribution in [3.63, 3.8) is 0 Å². The summed E-state index contributed by atoms with van der Waals surface area (Å²) in [6, 6.07) is 0. The van der Waals surface area contributed by atoms with E-state index in [4.69, 9.17) is 9.47 Å². The van der Waals surface area contributed by atoms with Crippen molar-refractivity contribution in [2.45, 2.75) is 38.3 Å². The van der Waals surface area contributed by atoms with Crippen molar-refractivity contribution in [2.24, 2.45) is 0 Å². The van der Waals surface area contributed by atoms with Crippen LogP contribution in [0, 0.1) is 0 Å². The molecule has 1 aromatic heterocycles. The number of piperidine rings is 1. The Labute approximate surface area is 148 Å². The number of thiazole rings is 1. The number of hydrogen-bond acceptors (Lipinski definition) is 6. The minimum Gasteiger partial charge on any atom is -0.378 e. The van der Waals surface area contributed by atoms with Gasteiger partial charge in [0.05, 0.1) is 25.4 Å². The molecule has 1 aromatic rings. The molecule has 2 fully saturated rings. The standard InChI is InChI=1S/C18H27N3O2S/c1-15-2-9-23-18(12-15)3-5-20(6-4-18)14-16-13-19-17(24-16)21-7-10-22-11-8-21/h12-13H,2-11,14H2,1H3. The van der Waals surface area contributed by atoms with E-state index < -0.39 is 0 Å². The van der Waals surface area contributed by atoms with Crippen LogP contribution in [0.25, 0.3) is 0 Å². The highest BCUT2D eigenvalue weighted by molar-refractivity contribution is 7.15. The second kappa shape index (κ2) is 7.12. The minimum atomic E-state index is 0.0193. The van der Waals surface area contributed by atoms with Crippen LogP contribution in [0.4, 0.5) is 5.13 Å². The molecule has 0 unspecified atom stereocenters. The average Bonchev–Trinajstić information content (AvgIpc) is 3.07. The van der Waals surface area contributed by atoms with Crippen LogP contribution in [0.5, 0.6) is 0 Å². The van der Waals surface area contributed by atoms with Gasteiger partial charge in [0, 0.05) is 43.8 Å². The number of anilines is 1. The Morgan fingerprint density at radius 2 is 1.96 bits per heavy atom. The lowest BCUT2D eigenvalue weighted by Gasteiger charge is -2.42. The maximum absolute atomic E-state index is 6.13. The third kappa shape index (κ3) is 3.67. The van der Waals surface area contributed by atoms with E-state index in [1.54, 1.807) is 0 Å². The molecule has 0 saturated carbocycles. The molecule has 0 aromatic carbocycles. The number of likely N-dealkylation sites (tertiary alicyclic amines) is 1. The van der Waals surface area contributed by atoms with Gasteiger partial charge in [0.15, 0.2) is 5.13 Å². The summed E-state index contributed by atoms with van der Waals surface area (Å²) < 4.78 is 11.5. The zero-order valence-electron chi connectivity index (χ0n) is 14.5. The molecule has 0 aliphatic carbocycles. The van der Waals surface area contributed by atoms with Gasteiger partial charge in [-0.2, -0.15) is 0 Å². The molecule has 0 N–H and O–H groups in total. The highest BCUT2D eigenvalue weighted by Gasteiger charge is 2.35. The van der Waals surface area contributed by atoms with Crippen LogP contribution in [0.1, 0.15) is 31.1 Å².